The fraction of sp³-hybridized carbons (Fsp3) is 0.375. The van der Waals surface area contributed by atoms with Crippen LogP contribution in [0.15, 0.2) is 30.5 Å². The second-order valence-electron chi connectivity index (χ2n) is 5.27. The van der Waals surface area contributed by atoms with E-state index in [1.165, 1.54) is 0 Å². The molecule has 2 rings (SSSR count). The Kier molecular flexibility index (Phi) is 5.89. The van der Waals surface area contributed by atoms with Crippen LogP contribution in [0.1, 0.15) is 26.3 Å². The van der Waals surface area contributed by atoms with Gasteiger partial charge in [0.05, 0.1) is 6.10 Å². The molecule has 0 saturated carbocycles. The van der Waals surface area contributed by atoms with Gasteiger partial charge in [-0.2, -0.15) is 18.2 Å². The lowest BCUT2D eigenvalue weighted by Crippen LogP contribution is -2.21. The van der Waals surface area contributed by atoms with Crippen molar-refractivity contribution in [3.8, 4) is 5.88 Å². The molecule has 0 unspecified atom stereocenters. The lowest BCUT2D eigenvalue weighted by Gasteiger charge is -2.23. The van der Waals surface area contributed by atoms with Crippen LogP contribution in [0.25, 0.3) is 0 Å². The summed E-state index contributed by atoms with van der Waals surface area (Å²) in [4.78, 5) is 9.64. The number of hydrogen-bond donors (Lipinski definition) is 0. The van der Waals surface area contributed by atoms with Crippen LogP contribution in [0.3, 0.4) is 0 Å². The summed E-state index contributed by atoms with van der Waals surface area (Å²) < 4.78 is 45.6. The van der Waals surface area contributed by atoms with Gasteiger partial charge in [0, 0.05) is 22.0 Å². The largest absolute Gasteiger partial charge is 0.474 e. The fourth-order valence-electron chi connectivity index (χ4n) is 2.06. The van der Waals surface area contributed by atoms with Gasteiger partial charge in [-0.1, -0.05) is 0 Å². The lowest BCUT2D eigenvalue weighted by molar-refractivity contribution is -0.139. The Bertz CT molecular complexity index is 690. The third kappa shape index (κ3) is 4.49. The number of anilines is 2. The first-order chi connectivity index (χ1) is 11.2. The van der Waals surface area contributed by atoms with E-state index in [2.05, 4.69) is 32.6 Å². The summed E-state index contributed by atoms with van der Waals surface area (Å²) in [6, 6.07) is 7.56. The molecule has 1 aromatic carbocycles. The van der Waals surface area contributed by atoms with E-state index in [1.807, 2.05) is 31.2 Å². The molecule has 24 heavy (non-hydrogen) atoms. The highest BCUT2D eigenvalue weighted by Gasteiger charge is 2.36. The van der Waals surface area contributed by atoms with Crippen molar-refractivity contribution in [1.29, 1.82) is 0 Å². The maximum absolute atomic E-state index is 13.1. The quantitative estimate of drug-likeness (QED) is 0.597. The fourth-order valence-corrected chi connectivity index (χ4v) is 2.42. The van der Waals surface area contributed by atoms with Crippen molar-refractivity contribution in [3.63, 3.8) is 0 Å². The van der Waals surface area contributed by atoms with Crippen LogP contribution in [0.5, 0.6) is 5.88 Å². The average Bonchev–Trinajstić information content (AvgIpc) is 2.48. The molecule has 0 aliphatic carbocycles. The molecule has 2 aromatic rings. The zero-order chi connectivity index (χ0) is 17.9. The van der Waals surface area contributed by atoms with Gasteiger partial charge in [0.1, 0.15) is 5.56 Å². The molecular weight excluding hydrogens is 434 g/mol. The van der Waals surface area contributed by atoms with Crippen molar-refractivity contribution in [2.24, 2.45) is 0 Å². The number of halogens is 4. The minimum Gasteiger partial charge on any atom is -0.474 e. The van der Waals surface area contributed by atoms with E-state index in [1.54, 1.807) is 18.7 Å². The van der Waals surface area contributed by atoms with Crippen LogP contribution in [0, 0.1) is 3.57 Å². The molecule has 0 radical (unpaired) electrons. The number of ether oxygens (including phenoxy) is 1. The first kappa shape index (κ1) is 18.8. The summed E-state index contributed by atoms with van der Waals surface area (Å²) in [6.07, 6.45) is -4.22. The number of rotatable bonds is 5. The Labute approximate surface area is 152 Å². The number of alkyl halides is 3. The smallest absolute Gasteiger partial charge is 0.423 e. The van der Waals surface area contributed by atoms with Gasteiger partial charge in [-0.25, -0.2) is 4.98 Å². The summed E-state index contributed by atoms with van der Waals surface area (Å²) in [5.74, 6) is -0.284. The minimum absolute atomic E-state index is 0.169. The predicted molar refractivity (Wildman–Crippen MR) is 94.6 cm³/mol. The summed E-state index contributed by atoms with van der Waals surface area (Å²) in [5, 5.41) is 0. The molecule has 0 N–H and O–H groups in total. The van der Waals surface area contributed by atoms with Crippen molar-refractivity contribution < 1.29 is 17.9 Å². The molecule has 0 spiro atoms. The van der Waals surface area contributed by atoms with E-state index in [-0.39, 0.29) is 5.95 Å². The van der Waals surface area contributed by atoms with E-state index in [0.29, 0.717) is 6.54 Å². The number of aromatic nitrogens is 2. The monoisotopic (exact) mass is 451 g/mol. The third-order valence-electron chi connectivity index (χ3n) is 3.09. The van der Waals surface area contributed by atoms with Gasteiger partial charge in [0.25, 0.3) is 0 Å². The van der Waals surface area contributed by atoms with Gasteiger partial charge in [-0.05, 0) is 67.6 Å². The first-order valence-corrected chi connectivity index (χ1v) is 8.44. The van der Waals surface area contributed by atoms with Crippen LogP contribution < -0.4 is 9.64 Å². The zero-order valence-electron chi connectivity index (χ0n) is 13.4. The van der Waals surface area contributed by atoms with E-state index in [0.717, 1.165) is 15.5 Å². The Morgan fingerprint density at radius 3 is 2.33 bits per heavy atom. The standard InChI is InChI=1S/C16H17F3IN3O/c1-4-23(12-7-5-11(20)6-8-12)15-21-9-13(16(17,18)19)14(22-15)24-10(2)3/h5-10H,4H2,1-3H3. The highest BCUT2D eigenvalue weighted by molar-refractivity contribution is 14.1. The number of hydrogen-bond acceptors (Lipinski definition) is 4. The Morgan fingerprint density at radius 2 is 1.83 bits per heavy atom. The van der Waals surface area contributed by atoms with Crippen LogP contribution in [-0.4, -0.2) is 22.6 Å². The summed E-state index contributed by atoms with van der Waals surface area (Å²) in [7, 11) is 0. The third-order valence-corrected chi connectivity index (χ3v) is 3.81. The highest BCUT2D eigenvalue weighted by Crippen LogP contribution is 2.36. The van der Waals surface area contributed by atoms with Crippen LogP contribution in [0.4, 0.5) is 24.8 Å². The van der Waals surface area contributed by atoms with Crippen molar-refractivity contribution in [2.75, 3.05) is 11.4 Å². The molecular formula is C16H17F3IN3O. The van der Waals surface area contributed by atoms with Crippen LogP contribution >= 0.6 is 22.6 Å². The second kappa shape index (κ2) is 7.54. The van der Waals surface area contributed by atoms with Gasteiger partial charge in [0.15, 0.2) is 0 Å². The van der Waals surface area contributed by atoms with Gasteiger partial charge < -0.3 is 9.64 Å². The van der Waals surface area contributed by atoms with Gasteiger partial charge in [-0.3, -0.25) is 0 Å². The molecule has 1 aromatic heterocycles. The SMILES string of the molecule is CCN(c1ccc(I)cc1)c1ncc(C(F)(F)F)c(OC(C)C)n1. The predicted octanol–water partition coefficient (Wildman–Crippen LogP) is 5.05. The van der Waals surface area contributed by atoms with Crippen molar-refractivity contribution in [3.05, 3.63) is 39.6 Å². The molecule has 4 nitrogen and oxygen atoms in total. The molecule has 1 heterocycles. The molecule has 0 aliphatic heterocycles. The zero-order valence-corrected chi connectivity index (χ0v) is 15.6. The summed E-state index contributed by atoms with van der Waals surface area (Å²) in [6.45, 7) is 5.69. The van der Waals surface area contributed by atoms with Gasteiger partial charge >= 0.3 is 6.18 Å². The second-order valence-corrected chi connectivity index (χ2v) is 6.52. The average molecular weight is 451 g/mol. The van der Waals surface area contributed by atoms with Crippen molar-refractivity contribution in [2.45, 2.75) is 33.1 Å². The topological polar surface area (TPSA) is 38.2 Å². The Hall–Kier alpha value is -1.58. The molecule has 0 bridgehead atoms. The maximum atomic E-state index is 13.1. The van der Waals surface area contributed by atoms with Crippen LogP contribution in [-0.2, 0) is 6.18 Å². The molecule has 0 saturated heterocycles. The van der Waals surface area contributed by atoms with Crippen molar-refractivity contribution >= 4 is 34.2 Å². The Balaban J connectivity index is 2.47. The molecule has 130 valence electrons. The minimum atomic E-state index is -4.57. The highest BCUT2D eigenvalue weighted by atomic mass is 127. The van der Waals surface area contributed by atoms with E-state index in [4.69, 9.17) is 4.74 Å². The molecule has 0 amide bonds. The van der Waals surface area contributed by atoms with Crippen molar-refractivity contribution in [1.82, 2.24) is 9.97 Å². The number of benzene rings is 1. The van der Waals surface area contributed by atoms with E-state index >= 15 is 0 Å². The number of nitrogens with zero attached hydrogens (tertiary/aromatic N) is 3. The first-order valence-electron chi connectivity index (χ1n) is 7.36. The summed E-state index contributed by atoms with van der Waals surface area (Å²) >= 11 is 2.18. The van der Waals surface area contributed by atoms with Gasteiger partial charge in [0.2, 0.25) is 11.8 Å². The molecule has 8 heteroatoms. The summed E-state index contributed by atoms with van der Waals surface area (Å²) in [5.41, 5.74) is -0.174. The normalized spacial score (nSPS) is 11.7. The molecule has 0 fully saturated rings. The maximum Gasteiger partial charge on any atom is 0.423 e. The molecule has 0 aliphatic rings. The molecule has 0 atom stereocenters. The Morgan fingerprint density at radius 1 is 1.21 bits per heavy atom. The van der Waals surface area contributed by atoms with E-state index < -0.39 is 23.7 Å². The van der Waals surface area contributed by atoms with E-state index in [9.17, 15) is 13.2 Å². The van der Waals surface area contributed by atoms with Crippen LogP contribution in [0.2, 0.25) is 0 Å². The lowest BCUT2D eigenvalue weighted by atomic mass is 10.3. The van der Waals surface area contributed by atoms with Gasteiger partial charge in [-0.15, -0.1) is 0 Å².